The van der Waals surface area contributed by atoms with Crippen molar-refractivity contribution in [3.63, 3.8) is 0 Å². The van der Waals surface area contributed by atoms with Crippen molar-refractivity contribution in [2.75, 3.05) is 6.61 Å². The highest BCUT2D eigenvalue weighted by Gasteiger charge is 2.15. The molecule has 0 fully saturated rings. The fraction of sp³-hybridized carbons (Fsp3) is 0.350. The minimum Gasteiger partial charge on any atom is -0.483 e. The Bertz CT molecular complexity index is 759. The number of ether oxygens (including phenoxy) is 1. The summed E-state index contributed by atoms with van der Waals surface area (Å²) in [6, 6.07) is 11.1. The number of hydrogen-bond acceptors (Lipinski definition) is 2. The molecule has 0 aromatic heterocycles. The number of carbonyl (C=O) groups is 1. The number of nitrogens with one attached hydrogen (secondary N) is 1. The van der Waals surface area contributed by atoms with Gasteiger partial charge >= 0.3 is 0 Å². The molecular formula is C20H23Cl2NO2. The zero-order valence-corrected chi connectivity index (χ0v) is 16.4. The molecule has 134 valence electrons. The lowest BCUT2D eigenvalue weighted by Crippen LogP contribution is -2.31. The van der Waals surface area contributed by atoms with Crippen LogP contribution in [0.3, 0.4) is 0 Å². The van der Waals surface area contributed by atoms with Crippen LogP contribution in [-0.4, -0.2) is 12.5 Å². The summed E-state index contributed by atoms with van der Waals surface area (Å²) in [5.74, 6) is 0.877. The first-order valence-corrected chi connectivity index (χ1v) is 9.01. The first-order valence-electron chi connectivity index (χ1n) is 8.25. The van der Waals surface area contributed by atoms with Crippen molar-refractivity contribution in [1.29, 1.82) is 0 Å². The summed E-state index contributed by atoms with van der Waals surface area (Å²) in [6.07, 6.45) is 0. The van der Waals surface area contributed by atoms with E-state index in [4.69, 9.17) is 27.9 Å². The normalized spacial score (nSPS) is 12.1. The zero-order valence-electron chi connectivity index (χ0n) is 14.9. The van der Waals surface area contributed by atoms with Crippen LogP contribution in [0, 0.1) is 6.92 Å². The van der Waals surface area contributed by atoms with Crippen molar-refractivity contribution in [3.05, 3.63) is 63.1 Å². The highest BCUT2D eigenvalue weighted by atomic mass is 35.5. The van der Waals surface area contributed by atoms with Gasteiger partial charge in [-0.3, -0.25) is 4.79 Å². The van der Waals surface area contributed by atoms with E-state index in [9.17, 15) is 4.79 Å². The van der Waals surface area contributed by atoms with E-state index in [1.807, 2.05) is 38.1 Å². The highest BCUT2D eigenvalue weighted by Crippen LogP contribution is 2.28. The van der Waals surface area contributed by atoms with E-state index >= 15 is 0 Å². The van der Waals surface area contributed by atoms with Crippen LogP contribution in [0.2, 0.25) is 10.0 Å². The van der Waals surface area contributed by atoms with Gasteiger partial charge in [0.2, 0.25) is 0 Å². The maximum absolute atomic E-state index is 12.2. The minimum atomic E-state index is -0.233. The molecule has 0 aliphatic carbocycles. The smallest absolute Gasteiger partial charge is 0.258 e. The monoisotopic (exact) mass is 379 g/mol. The molecule has 3 nitrogen and oxygen atoms in total. The predicted molar refractivity (Wildman–Crippen MR) is 104 cm³/mol. The molecule has 1 N–H and O–H groups in total. The highest BCUT2D eigenvalue weighted by molar-refractivity contribution is 6.35. The summed E-state index contributed by atoms with van der Waals surface area (Å²) < 4.78 is 5.76. The molecule has 0 aliphatic heterocycles. The Morgan fingerprint density at radius 3 is 2.40 bits per heavy atom. The van der Waals surface area contributed by atoms with Crippen LogP contribution in [0.4, 0.5) is 0 Å². The number of rotatable bonds is 6. The average molecular weight is 380 g/mol. The van der Waals surface area contributed by atoms with Gasteiger partial charge in [0.05, 0.1) is 6.04 Å². The van der Waals surface area contributed by atoms with Gasteiger partial charge in [0, 0.05) is 10.0 Å². The Hall–Kier alpha value is -1.71. The van der Waals surface area contributed by atoms with Gasteiger partial charge in [-0.2, -0.15) is 0 Å². The third-order valence-electron chi connectivity index (χ3n) is 3.96. The molecule has 25 heavy (non-hydrogen) atoms. The maximum atomic E-state index is 12.2. The Kier molecular flexibility index (Phi) is 6.74. The molecule has 0 saturated carbocycles. The molecule has 5 heteroatoms. The van der Waals surface area contributed by atoms with Gasteiger partial charge in [-0.25, -0.2) is 0 Å². The molecular weight excluding hydrogens is 357 g/mol. The second-order valence-corrected chi connectivity index (χ2v) is 7.28. The fourth-order valence-corrected chi connectivity index (χ4v) is 3.17. The van der Waals surface area contributed by atoms with Crippen LogP contribution in [-0.2, 0) is 4.79 Å². The van der Waals surface area contributed by atoms with Crippen LogP contribution in [0.5, 0.6) is 5.75 Å². The number of halogens is 2. The summed E-state index contributed by atoms with van der Waals surface area (Å²) in [5, 5.41) is 3.99. The third-order valence-corrected chi connectivity index (χ3v) is 4.52. The topological polar surface area (TPSA) is 38.3 Å². The number of carbonyl (C=O) groups excluding carboxylic acids is 1. The van der Waals surface area contributed by atoms with Gasteiger partial charge in [0.15, 0.2) is 6.61 Å². The largest absolute Gasteiger partial charge is 0.483 e. The van der Waals surface area contributed by atoms with Crippen LogP contribution in [0.15, 0.2) is 36.4 Å². The summed E-state index contributed by atoms with van der Waals surface area (Å²) in [4.78, 5) is 12.2. The van der Waals surface area contributed by atoms with Crippen molar-refractivity contribution >= 4 is 29.1 Å². The molecule has 0 saturated heterocycles. The van der Waals surface area contributed by atoms with Gasteiger partial charge < -0.3 is 10.1 Å². The lowest BCUT2D eigenvalue weighted by molar-refractivity contribution is -0.123. The van der Waals surface area contributed by atoms with Crippen LogP contribution in [0.1, 0.15) is 49.4 Å². The number of hydrogen-bond donors (Lipinski definition) is 1. The van der Waals surface area contributed by atoms with E-state index in [-0.39, 0.29) is 18.6 Å². The molecule has 0 heterocycles. The van der Waals surface area contributed by atoms with Crippen LogP contribution in [0.25, 0.3) is 0 Å². The first-order chi connectivity index (χ1) is 11.8. The quantitative estimate of drug-likeness (QED) is 0.700. The third kappa shape index (κ3) is 5.38. The summed E-state index contributed by atoms with van der Waals surface area (Å²) in [5.41, 5.74) is 3.01. The maximum Gasteiger partial charge on any atom is 0.258 e. The molecule has 2 aromatic rings. The first kappa shape index (κ1) is 19.6. The SMILES string of the molecule is Cc1ccc(C(C)C)c(OCC(=O)N[C@@H](C)c2ccc(Cl)cc2Cl)c1. The molecule has 1 amide bonds. The van der Waals surface area contributed by atoms with Gasteiger partial charge in [-0.05, 0) is 54.7 Å². The van der Waals surface area contributed by atoms with E-state index in [2.05, 4.69) is 19.2 Å². The van der Waals surface area contributed by atoms with Gasteiger partial charge in [0.1, 0.15) is 5.75 Å². The molecule has 0 unspecified atom stereocenters. The Labute approximate surface area is 159 Å². The van der Waals surface area contributed by atoms with Crippen molar-refractivity contribution in [2.45, 2.75) is 39.7 Å². The number of aryl methyl sites for hydroxylation is 1. The lowest BCUT2D eigenvalue weighted by Gasteiger charge is -2.18. The summed E-state index contributed by atoms with van der Waals surface area (Å²) in [6.45, 7) is 8.03. The fourth-order valence-electron chi connectivity index (χ4n) is 2.60. The second kappa shape index (κ2) is 8.59. The number of benzene rings is 2. The van der Waals surface area contributed by atoms with Gasteiger partial charge in [-0.15, -0.1) is 0 Å². The van der Waals surface area contributed by atoms with Crippen molar-refractivity contribution in [3.8, 4) is 5.75 Å². The van der Waals surface area contributed by atoms with Crippen molar-refractivity contribution in [1.82, 2.24) is 5.32 Å². The molecule has 2 aromatic carbocycles. The molecule has 0 bridgehead atoms. The second-order valence-electron chi connectivity index (χ2n) is 6.44. The van der Waals surface area contributed by atoms with Crippen LogP contribution < -0.4 is 10.1 Å². The average Bonchev–Trinajstić information content (AvgIpc) is 2.52. The molecule has 0 radical (unpaired) electrons. The Morgan fingerprint density at radius 1 is 1.08 bits per heavy atom. The standard InChI is InChI=1S/C20H23Cl2NO2/c1-12(2)16-7-5-13(3)9-19(16)25-11-20(24)23-14(4)17-8-6-15(21)10-18(17)22/h5-10,12,14H,11H2,1-4H3,(H,23,24)/t14-/m0/s1. The van der Waals surface area contributed by atoms with E-state index < -0.39 is 0 Å². The van der Waals surface area contributed by atoms with E-state index in [1.54, 1.807) is 12.1 Å². The van der Waals surface area contributed by atoms with Crippen molar-refractivity contribution in [2.24, 2.45) is 0 Å². The van der Waals surface area contributed by atoms with E-state index in [1.165, 1.54) is 0 Å². The van der Waals surface area contributed by atoms with Gasteiger partial charge in [-0.1, -0.05) is 55.2 Å². The van der Waals surface area contributed by atoms with Gasteiger partial charge in [0.25, 0.3) is 5.91 Å². The Morgan fingerprint density at radius 2 is 1.76 bits per heavy atom. The predicted octanol–water partition coefficient (Wildman–Crippen LogP) is 5.68. The van der Waals surface area contributed by atoms with Crippen LogP contribution >= 0.6 is 23.2 Å². The molecule has 2 rings (SSSR count). The molecule has 0 spiro atoms. The molecule has 1 atom stereocenters. The van der Waals surface area contributed by atoms with E-state index in [0.717, 1.165) is 22.4 Å². The minimum absolute atomic E-state index is 0.0429. The van der Waals surface area contributed by atoms with E-state index in [0.29, 0.717) is 16.0 Å². The summed E-state index contributed by atoms with van der Waals surface area (Å²) in [7, 11) is 0. The molecule has 0 aliphatic rings. The Balaban J connectivity index is 2.00. The van der Waals surface area contributed by atoms with Crippen molar-refractivity contribution < 1.29 is 9.53 Å². The number of amides is 1. The zero-order chi connectivity index (χ0) is 18.6. The lowest BCUT2D eigenvalue weighted by atomic mass is 10.0. The summed E-state index contributed by atoms with van der Waals surface area (Å²) >= 11 is 12.1.